The number of aromatic nitrogens is 2. The summed E-state index contributed by atoms with van der Waals surface area (Å²) in [6.07, 6.45) is 1.77. The van der Waals surface area contributed by atoms with Gasteiger partial charge in [0.2, 0.25) is 5.91 Å². The quantitative estimate of drug-likeness (QED) is 0.561. The van der Waals surface area contributed by atoms with E-state index in [0.29, 0.717) is 29.1 Å². The zero-order valence-electron chi connectivity index (χ0n) is 18.2. The summed E-state index contributed by atoms with van der Waals surface area (Å²) >= 11 is 0. The first-order chi connectivity index (χ1) is 14.4. The fourth-order valence-electron chi connectivity index (χ4n) is 3.63. The predicted molar refractivity (Wildman–Crippen MR) is 122 cm³/mol. The second kappa shape index (κ2) is 9.70. The minimum Gasteiger partial charge on any atom is -0.349 e. The molecular formula is C25H31N3O2. The number of amides is 1. The zero-order chi connectivity index (χ0) is 21.7. The van der Waals surface area contributed by atoms with Crippen LogP contribution in [0.25, 0.3) is 10.9 Å². The van der Waals surface area contributed by atoms with E-state index in [1.54, 1.807) is 6.07 Å². The largest absolute Gasteiger partial charge is 0.349 e. The van der Waals surface area contributed by atoms with E-state index in [1.165, 1.54) is 5.56 Å². The summed E-state index contributed by atoms with van der Waals surface area (Å²) in [6, 6.07) is 15.7. The van der Waals surface area contributed by atoms with Crippen LogP contribution in [0.4, 0.5) is 0 Å². The minimum atomic E-state index is -0.169. The molecule has 3 aromatic rings. The van der Waals surface area contributed by atoms with Gasteiger partial charge in [0.15, 0.2) is 0 Å². The molecule has 2 N–H and O–H groups in total. The molecule has 30 heavy (non-hydrogen) atoms. The lowest BCUT2D eigenvalue weighted by Gasteiger charge is -2.23. The number of nitrogens with zero attached hydrogens (tertiary/aromatic N) is 1. The van der Waals surface area contributed by atoms with Crippen LogP contribution in [0.1, 0.15) is 69.4 Å². The van der Waals surface area contributed by atoms with Gasteiger partial charge in [-0.1, -0.05) is 64.1 Å². The molecule has 0 fully saturated rings. The molecule has 0 saturated carbocycles. The number of rotatable bonds is 8. The number of hydrogen-bond acceptors (Lipinski definition) is 3. The summed E-state index contributed by atoms with van der Waals surface area (Å²) in [5.41, 5.74) is 2.92. The highest BCUT2D eigenvalue weighted by molar-refractivity contribution is 5.78. The van der Waals surface area contributed by atoms with Crippen molar-refractivity contribution in [3.63, 3.8) is 0 Å². The Morgan fingerprint density at radius 2 is 1.70 bits per heavy atom. The molecular weight excluding hydrogens is 374 g/mol. The number of para-hydroxylation sites is 1. The molecule has 0 spiro atoms. The molecule has 1 heterocycles. The van der Waals surface area contributed by atoms with E-state index in [1.807, 2.05) is 18.2 Å². The molecule has 5 heteroatoms. The van der Waals surface area contributed by atoms with Crippen LogP contribution >= 0.6 is 0 Å². The van der Waals surface area contributed by atoms with Crippen LogP contribution < -0.4 is 10.9 Å². The SMILES string of the molecule is CC[C@@H](C)c1ccc([C@@H](NC(=O)CCc2nc3ccccc3c(=O)[nH]2)C(C)C)cc1. The van der Waals surface area contributed by atoms with E-state index >= 15 is 0 Å². The number of hydrogen-bond donors (Lipinski definition) is 2. The maximum absolute atomic E-state index is 12.6. The summed E-state index contributed by atoms with van der Waals surface area (Å²) in [5, 5.41) is 3.72. The van der Waals surface area contributed by atoms with Crippen LogP contribution in [0.2, 0.25) is 0 Å². The van der Waals surface area contributed by atoms with E-state index in [0.717, 1.165) is 12.0 Å². The normalized spacial score (nSPS) is 13.4. The van der Waals surface area contributed by atoms with Gasteiger partial charge in [-0.05, 0) is 41.5 Å². The number of nitrogens with one attached hydrogen (secondary N) is 2. The average molecular weight is 406 g/mol. The summed E-state index contributed by atoms with van der Waals surface area (Å²) in [7, 11) is 0. The highest BCUT2D eigenvalue weighted by Crippen LogP contribution is 2.25. The standard InChI is InChI=1S/C25H31N3O2/c1-5-17(4)18-10-12-19(13-11-18)24(16(2)3)28-23(29)15-14-22-26-21-9-7-6-8-20(21)25(30)27-22/h6-13,16-17,24H,5,14-15H2,1-4H3,(H,28,29)(H,26,27,30)/t17-,24+/m1/s1. The first-order valence-corrected chi connectivity index (χ1v) is 10.8. The molecule has 3 rings (SSSR count). The molecule has 1 amide bonds. The van der Waals surface area contributed by atoms with E-state index < -0.39 is 0 Å². The third-order valence-corrected chi connectivity index (χ3v) is 5.71. The van der Waals surface area contributed by atoms with Gasteiger partial charge in [0, 0.05) is 12.8 Å². The van der Waals surface area contributed by atoms with E-state index in [9.17, 15) is 9.59 Å². The van der Waals surface area contributed by atoms with Crippen molar-refractivity contribution in [2.45, 2.75) is 58.9 Å². The van der Waals surface area contributed by atoms with Gasteiger partial charge in [0.05, 0.1) is 16.9 Å². The van der Waals surface area contributed by atoms with Gasteiger partial charge in [-0.2, -0.15) is 0 Å². The second-order valence-electron chi connectivity index (χ2n) is 8.29. The van der Waals surface area contributed by atoms with E-state index in [2.05, 4.69) is 67.2 Å². The molecule has 0 unspecified atom stereocenters. The number of benzene rings is 2. The molecule has 2 aromatic carbocycles. The van der Waals surface area contributed by atoms with Crippen LogP contribution in [0.5, 0.6) is 0 Å². The molecule has 158 valence electrons. The van der Waals surface area contributed by atoms with Crippen molar-refractivity contribution >= 4 is 16.8 Å². The Morgan fingerprint density at radius 1 is 1.03 bits per heavy atom. The van der Waals surface area contributed by atoms with Gasteiger partial charge < -0.3 is 10.3 Å². The summed E-state index contributed by atoms with van der Waals surface area (Å²) in [4.78, 5) is 32.1. The molecule has 5 nitrogen and oxygen atoms in total. The Kier molecular flexibility index (Phi) is 7.03. The number of carbonyl (C=O) groups excluding carboxylic acids is 1. The lowest BCUT2D eigenvalue weighted by Crippen LogP contribution is -2.32. The lowest BCUT2D eigenvalue weighted by atomic mass is 9.92. The highest BCUT2D eigenvalue weighted by Gasteiger charge is 2.19. The van der Waals surface area contributed by atoms with Crippen molar-refractivity contribution in [1.29, 1.82) is 0 Å². The van der Waals surface area contributed by atoms with Crippen molar-refractivity contribution in [2.75, 3.05) is 0 Å². The van der Waals surface area contributed by atoms with Gasteiger partial charge in [-0.15, -0.1) is 0 Å². The Labute approximate surface area is 177 Å². The Balaban J connectivity index is 1.66. The van der Waals surface area contributed by atoms with Crippen LogP contribution in [0.3, 0.4) is 0 Å². The molecule has 0 aliphatic heterocycles. The fraction of sp³-hybridized carbons (Fsp3) is 0.400. The third-order valence-electron chi connectivity index (χ3n) is 5.71. The molecule has 0 aliphatic carbocycles. The van der Waals surface area contributed by atoms with Gasteiger partial charge >= 0.3 is 0 Å². The third kappa shape index (κ3) is 5.15. The average Bonchev–Trinajstić information content (AvgIpc) is 2.75. The smallest absolute Gasteiger partial charge is 0.258 e. The lowest BCUT2D eigenvalue weighted by molar-refractivity contribution is -0.122. The topological polar surface area (TPSA) is 74.8 Å². The number of aromatic amines is 1. The van der Waals surface area contributed by atoms with Gasteiger partial charge in [-0.25, -0.2) is 4.98 Å². The Morgan fingerprint density at radius 3 is 2.37 bits per heavy atom. The van der Waals surface area contributed by atoms with Crippen LogP contribution in [-0.2, 0) is 11.2 Å². The number of H-pyrrole nitrogens is 1. The van der Waals surface area contributed by atoms with Crippen molar-refractivity contribution in [2.24, 2.45) is 5.92 Å². The van der Waals surface area contributed by atoms with Crippen LogP contribution in [0.15, 0.2) is 53.3 Å². The van der Waals surface area contributed by atoms with Crippen LogP contribution in [-0.4, -0.2) is 15.9 Å². The molecule has 0 saturated heterocycles. The van der Waals surface area contributed by atoms with E-state index in [4.69, 9.17) is 0 Å². The molecule has 2 atom stereocenters. The molecule has 0 radical (unpaired) electrons. The monoisotopic (exact) mass is 405 g/mol. The summed E-state index contributed by atoms with van der Waals surface area (Å²) < 4.78 is 0. The maximum Gasteiger partial charge on any atom is 0.258 e. The van der Waals surface area contributed by atoms with Gasteiger partial charge in [-0.3, -0.25) is 9.59 Å². The first-order valence-electron chi connectivity index (χ1n) is 10.8. The second-order valence-corrected chi connectivity index (χ2v) is 8.29. The highest BCUT2D eigenvalue weighted by atomic mass is 16.1. The van der Waals surface area contributed by atoms with E-state index in [-0.39, 0.29) is 29.8 Å². The Hall–Kier alpha value is -2.95. The minimum absolute atomic E-state index is 0.0458. The molecule has 0 bridgehead atoms. The fourth-order valence-corrected chi connectivity index (χ4v) is 3.63. The number of carbonyl (C=O) groups is 1. The van der Waals surface area contributed by atoms with Gasteiger partial charge in [0.25, 0.3) is 5.56 Å². The molecule has 1 aromatic heterocycles. The van der Waals surface area contributed by atoms with Crippen molar-refractivity contribution in [1.82, 2.24) is 15.3 Å². The van der Waals surface area contributed by atoms with Gasteiger partial charge in [0.1, 0.15) is 5.82 Å². The zero-order valence-corrected chi connectivity index (χ0v) is 18.2. The summed E-state index contributed by atoms with van der Waals surface area (Å²) in [5.74, 6) is 1.29. The first kappa shape index (κ1) is 21.8. The molecule has 0 aliphatic rings. The number of aryl methyl sites for hydroxylation is 1. The van der Waals surface area contributed by atoms with Crippen molar-refractivity contribution in [3.8, 4) is 0 Å². The predicted octanol–water partition coefficient (Wildman–Crippen LogP) is 4.88. The van der Waals surface area contributed by atoms with Crippen molar-refractivity contribution < 1.29 is 4.79 Å². The summed E-state index contributed by atoms with van der Waals surface area (Å²) in [6.45, 7) is 8.63. The maximum atomic E-state index is 12.6. The van der Waals surface area contributed by atoms with Crippen molar-refractivity contribution in [3.05, 3.63) is 75.8 Å². The Bertz CT molecular complexity index is 1050. The van der Waals surface area contributed by atoms with Crippen LogP contribution in [0, 0.1) is 5.92 Å². The number of fused-ring (bicyclic) bond motifs is 1.